The quantitative estimate of drug-likeness (QED) is 0.187. The van der Waals surface area contributed by atoms with Gasteiger partial charge in [0.2, 0.25) is 0 Å². The van der Waals surface area contributed by atoms with Crippen molar-refractivity contribution in [2.75, 3.05) is 0 Å². The first-order valence-electron chi connectivity index (χ1n) is 17.2. The number of fused-ring (bicyclic) bond motifs is 10. The lowest BCUT2D eigenvalue weighted by Gasteiger charge is -2.13. The van der Waals surface area contributed by atoms with E-state index in [0.717, 1.165) is 48.4 Å². The van der Waals surface area contributed by atoms with Gasteiger partial charge in [0, 0.05) is 32.8 Å². The summed E-state index contributed by atoms with van der Waals surface area (Å²) in [6.45, 7) is 0. The molecule has 0 bridgehead atoms. The predicted molar refractivity (Wildman–Crippen MR) is 215 cm³/mol. The molecule has 0 saturated heterocycles. The maximum Gasteiger partial charge on any atom is 0.137 e. The number of benzene rings is 8. The first kappa shape index (κ1) is 28.4. The van der Waals surface area contributed by atoms with Crippen LogP contribution >= 0.6 is 11.3 Å². The van der Waals surface area contributed by atoms with E-state index in [1.54, 1.807) is 11.3 Å². The average Bonchev–Trinajstić information content (AvgIpc) is 3.90. The van der Waals surface area contributed by atoms with Crippen LogP contribution in [0.25, 0.3) is 103 Å². The van der Waals surface area contributed by atoms with Crippen molar-refractivity contribution in [2.45, 2.75) is 0 Å². The molecule has 4 heteroatoms. The van der Waals surface area contributed by atoms with E-state index in [0.29, 0.717) is 0 Å². The van der Waals surface area contributed by atoms with Crippen molar-refractivity contribution in [2.24, 2.45) is 0 Å². The topological polar surface area (TPSA) is 31.0 Å². The van der Waals surface area contributed by atoms with Gasteiger partial charge >= 0.3 is 0 Å². The van der Waals surface area contributed by atoms with E-state index < -0.39 is 0 Å². The fourth-order valence-electron chi connectivity index (χ4n) is 7.89. The Balaban J connectivity index is 1.13. The van der Waals surface area contributed by atoms with Gasteiger partial charge in [-0.2, -0.15) is 0 Å². The zero-order valence-electron chi connectivity index (χ0n) is 27.4. The fraction of sp³-hybridized carbons (Fsp3) is 0. The van der Waals surface area contributed by atoms with E-state index in [4.69, 9.17) is 9.40 Å². The molecule has 238 valence electrons. The molecule has 0 aliphatic carbocycles. The Hall–Kier alpha value is -6.49. The number of hydrogen-bond acceptors (Lipinski definition) is 3. The van der Waals surface area contributed by atoms with Crippen LogP contribution < -0.4 is 0 Å². The van der Waals surface area contributed by atoms with Crippen LogP contribution in [-0.4, -0.2) is 9.55 Å². The third kappa shape index (κ3) is 4.33. The molecule has 0 atom stereocenters. The standard InChI is InChI=1S/C47H28N2OS/c1-3-11-29(12-4-1)32-21-24-40-38(27-32)39-28-37(30-13-5-2-6-14-30)34-15-7-8-16-35(34)46(39)49(40)33-22-19-31(20-23-33)47-48-45-43(51-47)26-25-42-44(45)36-17-9-10-18-41(36)50-42/h1-28H. The Morgan fingerprint density at radius 2 is 1.16 bits per heavy atom. The molecule has 51 heavy (non-hydrogen) atoms. The molecule has 11 rings (SSSR count). The number of nitrogens with zero attached hydrogens (tertiary/aromatic N) is 2. The van der Waals surface area contributed by atoms with E-state index in [2.05, 4.69) is 162 Å². The molecule has 0 saturated carbocycles. The van der Waals surface area contributed by atoms with Crippen LogP contribution in [0.2, 0.25) is 0 Å². The lowest BCUT2D eigenvalue weighted by atomic mass is 9.94. The fourth-order valence-corrected chi connectivity index (χ4v) is 8.87. The summed E-state index contributed by atoms with van der Waals surface area (Å²) in [6, 6.07) is 60.9. The zero-order chi connectivity index (χ0) is 33.5. The SMILES string of the molecule is c1ccc(-c2ccc3c(c2)c2cc(-c4ccccc4)c4ccccc4c2n3-c2ccc(-c3nc4c(ccc5oc6ccccc6c54)s3)cc2)cc1. The summed E-state index contributed by atoms with van der Waals surface area (Å²) in [5, 5.41) is 8.15. The summed E-state index contributed by atoms with van der Waals surface area (Å²) in [7, 11) is 0. The molecule has 0 amide bonds. The molecule has 0 spiro atoms. The minimum absolute atomic E-state index is 0.875. The number of aromatic nitrogens is 2. The number of hydrogen-bond donors (Lipinski definition) is 0. The smallest absolute Gasteiger partial charge is 0.137 e. The first-order valence-corrected chi connectivity index (χ1v) is 18.0. The average molecular weight is 669 g/mol. The zero-order valence-corrected chi connectivity index (χ0v) is 28.2. The van der Waals surface area contributed by atoms with Gasteiger partial charge in [-0.05, 0) is 88.3 Å². The molecule has 0 unspecified atom stereocenters. The minimum Gasteiger partial charge on any atom is -0.456 e. The second-order valence-electron chi connectivity index (χ2n) is 13.1. The van der Waals surface area contributed by atoms with Gasteiger partial charge in [-0.15, -0.1) is 11.3 Å². The molecule has 11 aromatic rings. The van der Waals surface area contributed by atoms with E-state index >= 15 is 0 Å². The van der Waals surface area contributed by atoms with E-state index in [9.17, 15) is 0 Å². The Bertz CT molecular complexity index is 3110. The number of para-hydroxylation sites is 1. The molecule has 8 aromatic carbocycles. The minimum atomic E-state index is 0.875. The van der Waals surface area contributed by atoms with Crippen molar-refractivity contribution in [1.82, 2.24) is 9.55 Å². The van der Waals surface area contributed by atoms with Gasteiger partial charge in [-0.3, -0.25) is 0 Å². The summed E-state index contributed by atoms with van der Waals surface area (Å²) >= 11 is 1.73. The molecule has 3 nitrogen and oxygen atoms in total. The van der Waals surface area contributed by atoms with E-state index in [1.807, 2.05) is 12.1 Å². The molecule has 3 heterocycles. The second kappa shape index (κ2) is 11.0. The Morgan fingerprint density at radius 1 is 0.471 bits per heavy atom. The molecule has 0 radical (unpaired) electrons. The van der Waals surface area contributed by atoms with Gasteiger partial charge in [0.05, 0.1) is 26.6 Å². The summed E-state index contributed by atoms with van der Waals surface area (Å²) in [4.78, 5) is 5.20. The van der Waals surface area contributed by atoms with E-state index in [1.165, 1.54) is 54.8 Å². The maximum absolute atomic E-state index is 6.16. The number of furan rings is 1. The third-order valence-corrected chi connectivity index (χ3v) is 11.3. The second-order valence-corrected chi connectivity index (χ2v) is 14.1. The molecule has 0 aliphatic heterocycles. The van der Waals surface area contributed by atoms with Gasteiger partial charge in [-0.1, -0.05) is 109 Å². The van der Waals surface area contributed by atoms with Gasteiger partial charge in [0.15, 0.2) is 0 Å². The Morgan fingerprint density at radius 3 is 1.96 bits per heavy atom. The summed E-state index contributed by atoms with van der Waals surface area (Å²) in [5.41, 5.74) is 12.3. The maximum atomic E-state index is 6.16. The summed E-state index contributed by atoms with van der Waals surface area (Å²) in [5.74, 6) is 0. The number of rotatable bonds is 4. The van der Waals surface area contributed by atoms with Crippen LogP contribution in [0, 0.1) is 0 Å². The van der Waals surface area contributed by atoms with Crippen molar-refractivity contribution in [3.8, 4) is 38.5 Å². The molecule has 0 aliphatic rings. The van der Waals surface area contributed by atoms with Crippen LogP contribution in [-0.2, 0) is 0 Å². The molecule has 3 aromatic heterocycles. The highest BCUT2D eigenvalue weighted by molar-refractivity contribution is 7.21. The van der Waals surface area contributed by atoms with Gasteiger partial charge in [-0.25, -0.2) is 4.98 Å². The van der Waals surface area contributed by atoms with Crippen LogP contribution in [0.3, 0.4) is 0 Å². The predicted octanol–water partition coefficient (Wildman–Crippen LogP) is 13.4. The molecular formula is C47H28N2OS. The molecule has 0 fully saturated rings. The van der Waals surface area contributed by atoms with Gasteiger partial charge < -0.3 is 8.98 Å². The van der Waals surface area contributed by atoms with Crippen LogP contribution in [0.1, 0.15) is 0 Å². The van der Waals surface area contributed by atoms with Gasteiger partial charge in [0.1, 0.15) is 16.2 Å². The summed E-state index contributed by atoms with van der Waals surface area (Å²) in [6.07, 6.45) is 0. The first-order chi connectivity index (χ1) is 25.3. The van der Waals surface area contributed by atoms with Crippen molar-refractivity contribution in [1.29, 1.82) is 0 Å². The highest BCUT2D eigenvalue weighted by Gasteiger charge is 2.20. The molecular weight excluding hydrogens is 641 g/mol. The van der Waals surface area contributed by atoms with Crippen LogP contribution in [0.15, 0.2) is 174 Å². The van der Waals surface area contributed by atoms with Crippen molar-refractivity contribution in [3.05, 3.63) is 170 Å². The lowest BCUT2D eigenvalue weighted by Crippen LogP contribution is -1.95. The van der Waals surface area contributed by atoms with Crippen molar-refractivity contribution >= 4 is 76.1 Å². The monoisotopic (exact) mass is 668 g/mol. The third-order valence-electron chi connectivity index (χ3n) is 10.2. The van der Waals surface area contributed by atoms with Crippen molar-refractivity contribution < 1.29 is 4.42 Å². The normalized spacial score (nSPS) is 11.9. The van der Waals surface area contributed by atoms with Crippen LogP contribution in [0.4, 0.5) is 0 Å². The highest BCUT2D eigenvalue weighted by atomic mass is 32.1. The Kier molecular flexibility index (Phi) is 6.12. The summed E-state index contributed by atoms with van der Waals surface area (Å²) < 4.78 is 9.76. The highest BCUT2D eigenvalue weighted by Crippen LogP contribution is 2.43. The number of thiazole rings is 1. The largest absolute Gasteiger partial charge is 0.456 e. The van der Waals surface area contributed by atoms with E-state index in [-0.39, 0.29) is 0 Å². The molecule has 0 N–H and O–H groups in total. The Labute approximate surface area is 297 Å². The lowest BCUT2D eigenvalue weighted by molar-refractivity contribution is 0.669. The van der Waals surface area contributed by atoms with Gasteiger partial charge in [0.25, 0.3) is 0 Å². The van der Waals surface area contributed by atoms with Crippen molar-refractivity contribution in [3.63, 3.8) is 0 Å². The van der Waals surface area contributed by atoms with Crippen LogP contribution in [0.5, 0.6) is 0 Å².